The summed E-state index contributed by atoms with van der Waals surface area (Å²) in [6, 6.07) is 16.5. The number of pyridine rings is 1. The Labute approximate surface area is 166 Å². The first-order valence-corrected chi connectivity index (χ1v) is 9.32. The van der Waals surface area contributed by atoms with E-state index in [1.54, 1.807) is 0 Å². The number of anilines is 3. The van der Waals surface area contributed by atoms with Gasteiger partial charge in [-0.15, -0.1) is 0 Å². The van der Waals surface area contributed by atoms with Gasteiger partial charge < -0.3 is 15.1 Å². The van der Waals surface area contributed by atoms with E-state index < -0.39 is 0 Å². The zero-order valence-electron chi connectivity index (χ0n) is 16.9. The number of aromatic nitrogens is 4. The van der Waals surface area contributed by atoms with E-state index in [1.807, 2.05) is 62.4 Å². The maximum Gasteiger partial charge on any atom is 0.231 e. The standard InChI is InChI=1S/C21H27N7/c1-27(2)20-24-19(25-21(26-20)28(3)4)23-15-17(18-12-8-9-13-22-18)14-16-10-6-5-7-11-16/h5-13,17H,14-15H2,1-4H3,(H,23,24,25,26). The van der Waals surface area contributed by atoms with Gasteiger partial charge in [-0.1, -0.05) is 36.4 Å². The van der Waals surface area contributed by atoms with E-state index in [4.69, 9.17) is 0 Å². The van der Waals surface area contributed by atoms with Crippen molar-refractivity contribution in [2.45, 2.75) is 12.3 Å². The summed E-state index contributed by atoms with van der Waals surface area (Å²) in [5.74, 6) is 2.01. The highest BCUT2D eigenvalue weighted by Gasteiger charge is 2.16. The number of nitrogens with zero attached hydrogens (tertiary/aromatic N) is 6. The molecule has 3 aromatic rings. The van der Waals surface area contributed by atoms with E-state index in [1.165, 1.54) is 5.56 Å². The maximum atomic E-state index is 4.57. The first-order valence-electron chi connectivity index (χ1n) is 9.32. The Kier molecular flexibility index (Phi) is 6.37. The summed E-state index contributed by atoms with van der Waals surface area (Å²) in [4.78, 5) is 21.8. The molecule has 1 aromatic carbocycles. The average Bonchev–Trinajstić information content (AvgIpc) is 2.72. The monoisotopic (exact) mass is 377 g/mol. The molecular weight excluding hydrogens is 350 g/mol. The second-order valence-corrected chi connectivity index (χ2v) is 7.07. The topological polar surface area (TPSA) is 70.1 Å². The van der Waals surface area contributed by atoms with Gasteiger partial charge in [-0.3, -0.25) is 4.98 Å². The summed E-state index contributed by atoms with van der Waals surface area (Å²) in [6.07, 6.45) is 2.72. The fourth-order valence-corrected chi connectivity index (χ4v) is 2.84. The van der Waals surface area contributed by atoms with Crippen LogP contribution in [0.3, 0.4) is 0 Å². The van der Waals surface area contributed by atoms with E-state index in [2.05, 4.69) is 55.6 Å². The number of nitrogens with one attached hydrogen (secondary N) is 1. The van der Waals surface area contributed by atoms with Gasteiger partial charge >= 0.3 is 0 Å². The Morgan fingerprint density at radius 3 is 2.04 bits per heavy atom. The molecule has 0 amide bonds. The Morgan fingerprint density at radius 1 is 0.821 bits per heavy atom. The minimum absolute atomic E-state index is 0.200. The number of hydrogen-bond acceptors (Lipinski definition) is 7. The molecule has 7 heteroatoms. The van der Waals surface area contributed by atoms with Crippen LogP contribution >= 0.6 is 0 Å². The third-order valence-electron chi connectivity index (χ3n) is 4.35. The Balaban J connectivity index is 1.81. The number of hydrogen-bond donors (Lipinski definition) is 1. The lowest BCUT2D eigenvalue weighted by atomic mass is 9.95. The summed E-state index contributed by atoms with van der Waals surface area (Å²) in [7, 11) is 7.69. The largest absolute Gasteiger partial charge is 0.353 e. The van der Waals surface area contributed by atoms with E-state index in [-0.39, 0.29) is 5.92 Å². The molecule has 1 atom stereocenters. The molecular formula is C21H27N7. The Bertz CT molecular complexity index is 840. The number of benzene rings is 1. The second-order valence-electron chi connectivity index (χ2n) is 7.07. The van der Waals surface area contributed by atoms with Gasteiger partial charge in [0.15, 0.2) is 0 Å². The molecule has 0 saturated heterocycles. The highest BCUT2D eigenvalue weighted by Crippen LogP contribution is 2.20. The van der Waals surface area contributed by atoms with E-state index >= 15 is 0 Å². The van der Waals surface area contributed by atoms with Crippen molar-refractivity contribution in [2.24, 2.45) is 0 Å². The molecule has 0 fully saturated rings. The predicted octanol–water partition coefficient (Wildman–Crippen LogP) is 2.84. The van der Waals surface area contributed by atoms with Gasteiger partial charge in [-0.25, -0.2) is 0 Å². The van der Waals surface area contributed by atoms with Crippen LogP contribution in [0, 0.1) is 0 Å². The molecule has 0 radical (unpaired) electrons. The van der Waals surface area contributed by atoms with Crippen molar-refractivity contribution in [3.63, 3.8) is 0 Å². The first kappa shape index (κ1) is 19.5. The Hall–Kier alpha value is -3.22. The molecule has 0 spiro atoms. The van der Waals surface area contributed by atoms with Gasteiger partial charge in [0.25, 0.3) is 0 Å². The molecule has 7 nitrogen and oxygen atoms in total. The van der Waals surface area contributed by atoms with Crippen LogP contribution in [0.25, 0.3) is 0 Å². The molecule has 0 aliphatic carbocycles. The molecule has 0 saturated carbocycles. The lowest BCUT2D eigenvalue weighted by Crippen LogP contribution is -2.22. The van der Waals surface area contributed by atoms with Crippen molar-refractivity contribution in [3.8, 4) is 0 Å². The zero-order chi connectivity index (χ0) is 19.9. The lowest BCUT2D eigenvalue weighted by Gasteiger charge is -2.19. The molecule has 0 aliphatic heterocycles. The molecule has 146 valence electrons. The van der Waals surface area contributed by atoms with Gasteiger partial charge in [0.05, 0.1) is 0 Å². The third kappa shape index (κ3) is 5.16. The summed E-state index contributed by atoms with van der Waals surface area (Å²) in [5.41, 5.74) is 2.33. The Morgan fingerprint density at radius 2 is 1.46 bits per heavy atom. The van der Waals surface area contributed by atoms with E-state index in [0.717, 1.165) is 12.1 Å². The van der Waals surface area contributed by atoms with Crippen LogP contribution in [0.1, 0.15) is 17.2 Å². The van der Waals surface area contributed by atoms with Crippen LogP contribution in [-0.2, 0) is 6.42 Å². The van der Waals surface area contributed by atoms with Crippen molar-refractivity contribution >= 4 is 17.8 Å². The maximum absolute atomic E-state index is 4.57. The molecule has 0 bridgehead atoms. The van der Waals surface area contributed by atoms with Crippen molar-refractivity contribution in [3.05, 3.63) is 66.0 Å². The second kappa shape index (κ2) is 9.12. The average molecular weight is 377 g/mol. The number of rotatable bonds is 8. The van der Waals surface area contributed by atoms with Crippen molar-refractivity contribution in [2.75, 3.05) is 49.9 Å². The summed E-state index contributed by atoms with van der Waals surface area (Å²) in [5, 5.41) is 3.40. The van der Waals surface area contributed by atoms with E-state index in [0.29, 0.717) is 24.4 Å². The van der Waals surface area contributed by atoms with Crippen LogP contribution in [0.4, 0.5) is 17.8 Å². The van der Waals surface area contributed by atoms with Crippen LogP contribution < -0.4 is 15.1 Å². The van der Waals surface area contributed by atoms with Crippen molar-refractivity contribution < 1.29 is 0 Å². The molecule has 1 unspecified atom stereocenters. The molecule has 28 heavy (non-hydrogen) atoms. The highest BCUT2D eigenvalue weighted by atomic mass is 15.3. The summed E-state index contributed by atoms with van der Waals surface area (Å²) < 4.78 is 0. The quantitative estimate of drug-likeness (QED) is 0.647. The van der Waals surface area contributed by atoms with Gasteiger partial charge in [0.2, 0.25) is 17.8 Å². The normalized spacial score (nSPS) is 11.7. The minimum Gasteiger partial charge on any atom is -0.353 e. The summed E-state index contributed by atoms with van der Waals surface area (Å²) >= 11 is 0. The molecule has 0 aliphatic rings. The van der Waals surface area contributed by atoms with Crippen molar-refractivity contribution in [1.29, 1.82) is 0 Å². The fourth-order valence-electron chi connectivity index (χ4n) is 2.84. The smallest absolute Gasteiger partial charge is 0.231 e. The third-order valence-corrected chi connectivity index (χ3v) is 4.35. The van der Waals surface area contributed by atoms with Crippen molar-refractivity contribution in [1.82, 2.24) is 19.9 Å². The van der Waals surface area contributed by atoms with Crippen LogP contribution in [0.2, 0.25) is 0 Å². The van der Waals surface area contributed by atoms with E-state index in [9.17, 15) is 0 Å². The van der Waals surface area contributed by atoms with Gasteiger partial charge in [-0.05, 0) is 24.1 Å². The molecule has 3 rings (SSSR count). The fraction of sp³-hybridized carbons (Fsp3) is 0.333. The van der Waals surface area contributed by atoms with Crippen LogP contribution in [0.15, 0.2) is 54.7 Å². The van der Waals surface area contributed by atoms with Gasteiger partial charge in [0.1, 0.15) is 0 Å². The first-order chi connectivity index (χ1) is 13.5. The lowest BCUT2D eigenvalue weighted by molar-refractivity contribution is 0.688. The van der Waals surface area contributed by atoms with Gasteiger partial charge in [-0.2, -0.15) is 15.0 Å². The molecule has 2 heterocycles. The van der Waals surface area contributed by atoms with Crippen LogP contribution in [0.5, 0.6) is 0 Å². The SMILES string of the molecule is CN(C)c1nc(NCC(Cc2ccccc2)c2ccccn2)nc(N(C)C)n1. The highest BCUT2D eigenvalue weighted by molar-refractivity contribution is 5.44. The van der Waals surface area contributed by atoms with Crippen LogP contribution in [-0.4, -0.2) is 54.7 Å². The summed E-state index contributed by atoms with van der Waals surface area (Å²) in [6.45, 7) is 0.676. The predicted molar refractivity (Wildman–Crippen MR) is 114 cm³/mol. The zero-order valence-corrected chi connectivity index (χ0v) is 16.9. The minimum atomic E-state index is 0.200. The van der Waals surface area contributed by atoms with Gasteiger partial charge in [0, 0.05) is 52.5 Å². The molecule has 2 aromatic heterocycles. The molecule has 1 N–H and O–H groups in total.